The van der Waals surface area contributed by atoms with Crippen molar-refractivity contribution < 1.29 is 4.79 Å². The zero-order chi connectivity index (χ0) is 11.7. The molecule has 3 heteroatoms. The number of nitrogens with zero attached hydrogens (tertiary/aromatic N) is 1. The quantitative estimate of drug-likeness (QED) is 0.836. The summed E-state index contributed by atoms with van der Waals surface area (Å²) in [5.41, 5.74) is 0.745. The van der Waals surface area contributed by atoms with Crippen LogP contribution in [0.5, 0.6) is 0 Å². The van der Waals surface area contributed by atoms with Gasteiger partial charge in [-0.05, 0) is 43.7 Å². The summed E-state index contributed by atoms with van der Waals surface area (Å²) in [5, 5.41) is 0. The Morgan fingerprint density at radius 3 is 2.76 bits per heavy atom. The van der Waals surface area contributed by atoms with Crippen LogP contribution in [0.1, 0.15) is 49.0 Å². The molecule has 3 rings (SSSR count). The normalized spacial score (nSPS) is 25.6. The third kappa shape index (κ3) is 1.99. The molecule has 0 radical (unpaired) electrons. The van der Waals surface area contributed by atoms with E-state index >= 15 is 0 Å². The van der Waals surface area contributed by atoms with Crippen molar-refractivity contribution in [3.05, 3.63) is 24.0 Å². The number of aromatic amines is 1. The molecule has 0 aromatic carbocycles. The highest BCUT2D eigenvalue weighted by molar-refractivity contribution is 5.92. The number of nitrogens with one attached hydrogen (secondary N) is 1. The lowest BCUT2D eigenvalue weighted by molar-refractivity contribution is 0.0684. The molecule has 1 aromatic rings. The second kappa shape index (κ2) is 4.55. The molecule has 1 saturated carbocycles. The summed E-state index contributed by atoms with van der Waals surface area (Å²) < 4.78 is 0. The van der Waals surface area contributed by atoms with Crippen molar-refractivity contribution in [3.63, 3.8) is 0 Å². The molecule has 2 heterocycles. The lowest BCUT2D eigenvalue weighted by atomic mass is 9.96. The van der Waals surface area contributed by atoms with Gasteiger partial charge in [-0.2, -0.15) is 0 Å². The van der Waals surface area contributed by atoms with E-state index in [1.54, 1.807) is 0 Å². The van der Waals surface area contributed by atoms with Crippen LogP contribution in [0.15, 0.2) is 18.3 Å². The van der Waals surface area contributed by atoms with Gasteiger partial charge in [-0.1, -0.05) is 12.8 Å². The maximum Gasteiger partial charge on any atom is 0.270 e. The SMILES string of the molecule is O=C(c1ccc[nH]1)N1CCC[C@@H]1C1CCCC1. The van der Waals surface area contributed by atoms with Crippen molar-refractivity contribution in [2.24, 2.45) is 5.92 Å². The van der Waals surface area contributed by atoms with Crippen LogP contribution in [0.25, 0.3) is 0 Å². The van der Waals surface area contributed by atoms with Crippen LogP contribution in [0.4, 0.5) is 0 Å². The Bertz CT molecular complexity index is 379. The van der Waals surface area contributed by atoms with Crippen molar-refractivity contribution in [1.29, 1.82) is 0 Å². The average Bonchev–Trinajstić information content (AvgIpc) is 3.09. The molecule has 0 spiro atoms. The maximum absolute atomic E-state index is 12.4. The van der Waals surface area contributed by atoms with Gasteiger partial charge in [0.25, 0.3) is 5.91 Å². The van der Waals surface area contributed by atoms with Crippen molar-refractivity contribution in [3.8, 4) is 0 Å². The summed E-state index contributed by atoms with van der Waals surface area (Å²) in [5.74, 6) is 0.959. The fourth-order valence-electron chi connectivity index (χ4n) is 3.50. The second-order valence-corrected chi connectivity index (χ2v) is 5.34. The highest BCUT2D eigenvalue weighted by atomic mass is 16.2. The van der Waals surface area contributed by atoms with Gasteiger partial charge in [-0.3, -0.25) is 4.79 Å². The molecule has 92 valence electrons. The van der Waals surface area contributed by atoms with Crippen molar-refractivity contribution >= 4 is 5.91 Å². The molecule has 2 fully saturated rings. The van der Waals surface area contributed by atoms with Crippen LogP contribution in [-0.4, -0.2) is 28.4 Å². The van der Waals surface area contributed by atoms with Gasteiger partial charge in [-0.25, -0.2) is 0 Å². The molecule has 1 amide bonds. The molecule has 2 aliphatic rings. The first-order valence-electron chi connectivity index (χ1n) is 6.80. The van der Waals surface area contributed by atoms with Crippen molar-refractivity contribution in [2.75, 3.05) is 6.54 Å². The predicted octanol–water partition coefficient (Wildman–Crippen LogP) is 2.81. The lowest BCUT2D eigenvalue weighted by Gasteiger charge is -2.29. The Kier molecular flexibility index (Phi) is 2.91. The van der Waals surface area contributed by atoms with Crippen molar-refractivity contribution in [1.82, 2.24) is 9.88 Å². The third-order valence-electron chi connectivity index (χ3n) is 4.33. The second-order valence-electron chi connectivity index (χ2n) is 5.34. The predicted molar refractivity (Wildman–Crippen MR) is 66.8 cm³/mol. The monoisotopic (exact) mass is 232 g/mol. The number of H-pyrrole nitrogens is 1. The molecule has 1 N–H and O–H groups in total. The largest absolute Gasteiger partial charge is 0.357 e. The van der Waals surface area contributed by atoms with E-state index in [0.29, 0.717) is 6.04 Å². The fraction of sp³-hybridized carbons (Fsp3) is 0.643. The standard InChI is InChI=1S/C14H20N2O/c17-14(12-7-3-9-15-12)16-10-4-8-13(16)11-5-1-2-6-11/h3,7,9,11,13,15H,1-2,4-6,8,10H2/t13-/m1/s1. The molecule has 0 bridgehead atoms. The van der Waals surface area contributed by atoms with Gasteiger partial charge >= 0.3 is 0 Å². The molecule has 1 aliphatic heterocycles. The van der Waals surface area contributed by atoms with Gasteiger partial charge in [-0.15, -0.1) is 0 Å². The molecule has 1 aliphatic carbocycles. The first kappa shape index (κ1) is 10.9. The topological polar surface area (TPSA) is 36.1 Å². The summed E-state index contributed by atoms with van der Waals surface area (Å²) in [4.78, 5) is 17.5. The third-order valence-corrected chi connectivity index (χ3v) is 4.33. The molecule has 3 nitrogen and oxygen atoms in total. The van der Waals surface area contributed by atoms with Crippen LogP contribution in [-0.2, 0) is 0 Å². The van der Waals surface area contributed by atoms with E-state index in [9.17, 15) is 4.79 Å². The summed E-state index contributed by atoms with van der Waals surface area (Å²) in [6, 6.07) is 4.29. The molecule has 1 atom stereocenters. The molecule has 1 aromatic heterocycles. The molecule has 1 saturated heterocycles. The zero-order valence-corrected chi connectivity index (χ0v) is 10.2. The Morgan fingerprint density at radius 2 is 2.06 bits per heavy atom. The number of rotatable bonds is 2. The number of hydrogen-bond acceptors (Lipinski definition) is 1. The van der Waals surface area contributed by atoms with Crippen LogP contribution >= 0.6 is 0 Å². The van der Waals surface area contributed by atoms with Crippen LogP contribution < -0.4 is 0 Å². The highest BCUT2D eigenvalue weighted by Crippen LogP contribution is 2.35. The number of aromatic nitrogens is 1. The Morgan fingerprint density at radius 1 is 1.24 bits per heavy atom. The minimum absolute atomic E-state index is 0.199. The highest BCUT2D eigenvalue weighted by Gasteiger charge is 2.36. The summed E-state index contributed by atoms with van der Waals surface area (Å²) in [6.45, 7) is 0.943. The summed E-state index contributed by atoms with van der Waals surface area (Å²) >= 11 is 0. The molecular weight excluding hydrogens is 212 g/mol. The smallest absolute Gasteiger partial charge is 0.270 e. The average molecular weight is 232 g/mol. The van der Waals surface area contributed by atoms with E-state index in [1.807, 2.05) is 18.3 Å². The van der Waals surface area contributed by atoms with Gasteiger partial charge in [0.05, 0.1) is 0 Å². The van der Waals surface area contributed by atoms with Gasteiger partial charge in [0, 0.05) is 18.8 Å². The van der Waals surface area contributed by atoms with Crippen LogP contribution in [0.2, 0.25) is 0 Å². The number of hydrogen-bond donors (Lipinski definition) is 1. The first-order valence-corrected chi connectivity index (χ1v) is 6.80. The van der Waals surface area contributed by atoms with Crippen LogP contribution in [0.3, 0.4) is 0 Å². The Hall–Kier alpha value is -1.25. The van der Waals surface area contributed by atoms with E-state index in [4.69, 9.17) is 0 Å². The summed E-state index contributed by atoms with van der Waals surface area (Å²) in [7, 11) is 0. The minimum atomic E-state index is 0.199. The first-order chi connectivity index (χ1) is 8.36. The number of carbonyl (C=O) groups excluding carboxylic acids is 1. The van der Waals surface area contributed by atoms with Gasteiger partial charge in [0.15, 0.2) is 0 Å². The van der Waals surface area contributed by atoms with E-state index in [1.165, 1.54) is 38.5 Å². The Labute approximate surface area is 102 Å². The van der Waals surface area contributed by atoms with E-state index < -0.39 is 0 Å². The zero-order valence-electron chi connectivity index (χ0n) is 10.2. The van der Waals surface area contributed by atoms with Crippen molar-refractivity contribution in [2.45, 2.75) is 44.6 Å². The van der Waals surface area contributed by atoms with E-state index in [-0.39, 0.29) is 5.91 Å². The van der Waals surface area contributed by atoms with Gasteiger partial charge in [0.2, 0.25) is 0 Å². The molecule has 17 heavy (non-hydrogen) atoms. The summed E-state index contributed by atoms with van der Waals surface area (Å²) in [6.07, 6.45) is 9.55. The number of carbonyl (C=O) groups is 1. The fourth-order valence-corrected chi connectivity index (χ4v) is 3.50. The van der Waals surface area contributed by atoms with Crippen LogP contribution in [0, 0.1) is 5.92 Å². The number of amides is 1. The minimum Gasteiger partial charge on any atom is -0.357 e. The lowest BCUT2D eigenvalue weighted by Crippen LogP contribution is -2.39. The number of likely N-dealkylation sites (tertiary alicyclic amines) is 1. The van der Waals surface area contributed by atoms with E-state index in [0.717, 1.165) is 18.2 Å². The maximum atomic E-state index is 12.4. The molecular formula is C14H20N2O. The van der Waals surface area contributed by atoms with E-state index in [2.05, 4.69) is 9.88 Å². The van der Waals surface area contributed by atoms with Gasteiger partial charge in [0.1, 0.15) is 5.69 Å². The van der Waals surface area contributed by atoms with Gasteiger partial charge < -0.3 is 9.88 Å². The molecule has 0 unspecified atom stereocenters. The Balaban J connectivity index is 1.75.